The van der Waals surface area contributed by atoms with Crippen LogP contribution in [0.1, 0.15) is 70.4 Å². The van der Waals surface area contributed by atoms with Crippen LogP contribution < -0.4 is 0 Å². The molecule has 1 N–H and O–H groups in total. The van der Waals surface area contributed by atoms with Crippen molar-refractivity contribution < 1.29 is 9.90 Å². The van der Waals surface area contributed by atoms with E-state index in [1.165, 1.54) is 30.3 Å². The summed E-state index contributed by atoms with van der Waals surface area (Å²) in [4.78, 5) is 16.0. The zero-order chi connectivity index (χ0) is 15.9. The van der Waals surface area contributed by atoms with E-state index < -0.39 is 6.09 Å². The molecule has 1 unspecified atom stereocenters. The Balaban J connectivity index is 2.19. The van der Waals surface area contributed by atoms with Gasteiger partial charge in [-0.2, -0.15) is 0 Å². The van der Waals surface area contributed by atoms with E-state index in [2.05, 4.69) is 18.8 Å². The Bertz CT molecular complexity index is 619. The summed E-state index contributed by atoms with van der Waals surface area (Å²) >= 11 is 0. The SMILES string of the molecule is CCCCCCCC(CC)c1cc2ncccc2n1C(=O)O. The van der Waals surface area contributed by atoms with Crippen molar-refractivity contribution in [2.24, 2.45) is 0 Å². The molecule has 120 valence electrons. The van der Waals surface area contributed by atoms with Gasteiger partial charge in [0.1, 0.15) is 0 Å². The summed E-state index contributed by atoms with van der Waals surface area (Å²) in [5, 5.41) is 9.57. The molecule has 0 saturated carbocycles. The molecule has 0 amide bonds. The van der Waals surface area contributed by atoms with Gasteiger partial charge in [0.25, 0.3) is 0 Å². The monoisotopic (exact) mass is 302 g/mol. The van der Waals surface area contributed by atoms with Crippen LogP contribution in [0.3, 0.4) is 0 Å². The van der Waals surface area contributed by atoms with Crippen LogP contribution in [-0.4, -0.2) is 20.8 Å². The van der Waals surface area contributed by atoms with Crippen LogP contribution in [-0.2, 0) is 0 Å². The maximum atomic E-state index is 11.7. The summed E-state index contributed by atoms with van der Waals surface area (Å²) in [5.74, 6) is 0.284. The maximum Gasteiger partial charge on any atom is 0.416 e. The van der Waals surface area contributed by atoms with Crippen LogP contribution in [0.15, 0.2) is 24.4 Å². The first-order chi connectivity index (χ1) is 10.7. The number of carboxylic acid groups (broad SMARTS) is 1. The first-order valence-electron chi connectivity index (χ1n) is 8.38. The number of hydrogen-bond acceptors (Lipinski definition) is 2. The van der Waals surface area contributed by atoms with Gasteiger partial charge < -0.3 is 5.11 Å². The van der Waals surface area contributed by atoms with Crippen molar-refractivity contribution in [1.29, 1.82) is 0 Å². The molecule has 0 aliphatic carbocycles. The predicted octanol–water partition coefficient (Wildman–Crippen LogP) is 5.42. The van der Waals surface area contributed by atoms with E-state index in [0.29, 0.717) is 5.52 Å². The minimum atomic E-state index is -0.914. The van der Waals surface area contributed by atoms with E-state index in [9.17, 15) is 9.90 Å². The third kappa shape index (κ3) is 3.67. The van der Waals surface area contributed by atoms with Crippen molar-refractivity contribution in [3.63, 3.8) is 0 Å². The molecule has 1 atom stereocenters. The van der Waals surface area contributed by atoms with Gasteiger partial charge in [-0.25, -0.2) is 9.36 Å². The zero-order valence-electron chi connectivity index (χ0n) is 13.6. The number of carbonyl (C=O) groups is 1. The lowest BCUT2D eigenvalue weighted by Crippen LogP contribution is -2.14. The van der Waals surface area contributed by atoms with Crippen molar-refractivity contribution in [2.75, 3.05) is 0 Å². The van der Waals surface area contributed by atoms with Crippen LogP contribution in [0.2, 0.25) is 0 Å². The van der Waals surface area contributed by atoms with E-state index in [0.717, 1.165) is 30.5 Å². The topological polar surface area (TPSA) is 55.1 Å². The van der Waals surface area contributed by atoms with Crippen molar-refractivity contribution in [3.05, 3.63) is 30.1 Å². The Labute approximate surface area is 132 Å². The van der Waals surface area contributed by atoms with E-state index in [1.807, 2.05) is 12.1 Å². The number of pyridine rings is 1. The highest BCUT2D eigenvalue weighted by Gasteiger charge is 2.20. The average Bonchev–Trinajstić information content (AvgIpc) is 2.90. The Kier molecular flexibility index (Phi) is 5.99. The van der Waals surface area contributed by atoms with Crippen LogP contribution in [0, 0.1) is 0 Å². The highest BCUT2D eigenvalue weighted by atomic mass is 16.4. The summed E-state index contributed by atoms with van der Waals surface area (Å²) in [6.07, 6.45) is 9.00. The van der Waals surface area contributed by atoms with Gasteiger partial charge >= 0.3 is 6.09 Å². The third-order valence-electron chi connectivity index (χ3n) is 4.36. The third-order valence-corrected chi connectivity index (χ3v) is 4.36. The van der Waals surface area contributed by atoms with E-state index in [1.54, 1.807) is 12.3 Å². The molecule has 0 spiro atoms. The molecule has 2 aromatic rings. The van der Waals surface area contributed by atoms with Gasteiger partial charge in [-0.15, -0.1) is 0 Å². The number of unbranched alkanes of at least 4 members (excludes halogenated alkanes) is 4. The minimum Gasteiger partial charge on any atom is -0.464 e. The highest BCUT2D eigenvalue weighted by molar-refractivity contribution is 5.88. The predicted molar refractivity (Wildman–Crippen MR) is 89.6 cm³/mol. The summed E-state index contributed by atoms with van der Waals surface area (Å²) < 4.78 is 1.42. The normalized spacial score (nSPS) is 12.6. The first kappa shape index (κ1) is 16.5. The molecule has 2 rings (SSSR count). The molecule has 0 aliphatic heterocycles. The van der Waals surface area contributed by atoms with Crippen LogP contribution in [0.4, 0.5) is 4.79 Å². The largest absolute Gasteiger partial charge is 0.464 e. The minimum absolute atomic E-state index is 0.284. The molecule has 0 radical (unpaired) electrons. The molecular formula is C18H26N2O2. The fourth-order valence-corrected chi connectivity index (χ4v) is 3.12. The van der Waals surface area contributed by atoms with Crippen molar-refractivity contribution in [3.8, 4) is 0 Å². The maximum absolute atomic E-state index is 11.7. The molecule has 0 aliphatic rings. The van der Waals surface area contributed by atoms with Crippen LogP contribution in [0.25, 0.3) is 11.0 Å². The van der Waals surface area contributed by atoms with Crippen LogP contribution >= 0.6 is 0 Å². The van der Waals surface area contributed by atoms with Crippen molar-refractivity contribution >= 4 is 17.1 Å². The molecule has 2 heterocycles. The number of hydrogen-bond donors (Lipinski definition) is 1. The second-order valence-corrected chi connectivity index (χ2v) is 5.90. The number of fused-ring (bicyclic) bond motifs is 1. The van der Waals surface area contributed by atoms with E-state index in [-0.39, 0.29) is 5.92 Å². The second-order valence-electron chi connectivity index (χ2n) is 5.90. The molecule has 0 saturated heterocycles. The second kappa shape index (κ2) is 7.97. The molecule has 4 heteroatoms. The molecule has 0 aromatic carbocycles. The van der Waals surface area contributed by atoms with Crippen molar-refractivity contribution in [2.45, 2.75) is 64.7 Å². The van der Waals surface area contributed by atoms with Gasteiger partial charge in [0.05, 0.1) is 11.0 Å². The fraction of sp³-hybridized carbons (Fsp3) is 0.556. The smallest absolute Gasteiger partial charge is 0.416 e. The van der Waals surface area contributed by atoms with Gasteiger partial charge in [0.2, 0.25) is 0 Å². The lowest BCUT2D eigenvalue weighted by atomic mass is 9.94. The Hall–Kier alpha value is -1.84. The standard InChI is InChI=1S/C18H26N2O2/c1-3-5-6-7-8-10-14(4-2)17-13-15-16(11-9-12-19-15)20(17)18(21)22/h9,11-14H,3-8,10H2,1-2H3,(H,21,22). The Morgan fingerprint density at radius 3 is 2.73 bits per heavy atom. The Morgan fingerprint density at radius 2 is 2.05 bits per heavy atom. The summed E-state index contributed by atoms with van der Waals surface area (Å²) in [5.41, 5.74) is 2.35. The number of aromatic nitrogens is 2. The fourth-order valence-electron chi connectivity index (χ4n) is 3.12. The van der Waals surface area contributed by atoms with Gasteiger partial charge in [0.15, 0.2) is 0 Å². The van der Waals surface area contributed by atoms with Gasteiger partial charge in [-0.3, -0.25) is 4.98 Å². The van der Waals surface area contributed by atoms with Gasteiger partial charge in [-0.05, 0) is 37.0 Å². The average molecular weight is 302 g/mol. The summed E-state index contributed by atoms with van der Waals surface area (Å²) in [7, 11) is 0. The first-order valence-corrected chi connectivity index (χ1v) is 8.38. The molecule has 2 aromatic heterocycles. The molecule has 0 fully saturated rings. The quantitative estimate of drug-likeness (QED) is 0.663. The van der Waals surface area contributed by atoms with E-state index >= 15 is 0 Å². The van der Waals surface area contributed by atoms with Gasteiger partial charge in [0, 0.05) is 11.9 Å². The molecule has 4 nitrogen and oxygen atoms in total. The lowest BCUT2D eigenvalue weighted by Gasteiger charge is -2.16. The molecule has 0 bridgehead atoms. The van der Waals surface area contributed by atoms with Crippen molar-refractivity contribution in [1.82, 2.24) is 9.55 Å². The van der Waals surface area contributed by atoms with E-state index in [4.69, 9.17) is 0 Å². The van der Waals surface area contributed by atoms with Gasteiger partial charge in [-0.1, -0.05) is 46.0 Å². The summed E-state index contributed by atoms with van der Waals surface area (Å²) in [6.45, 7) is 4.35. The number of rotatable bonds is 8. The summed E-state index contributed by atoms with van der Waals surface area (Å²) in [6, 6.07) is 5.56. The van der Waals surface area contributed by atoms with Crippen LogP contribution in [0.5, 0.6) is 0 Å². The highest BCUT2D eigenvalue weighted by Crippen LogP contribution is 2.30. The molecular weight excluding hydrogens is 276 g/mol. The number of nitrogens with zero attached hydrogens (tertiary/aromatic N) is 2. The lowest BCUT2D eigenvalue weighted by molar-refractivity contribution is 0.196. The Morgan fingerprint density at radius 1 is 1.27 bits per heavy atom. The zero-order valence-corrected chi connectivity index (χ0v) is 13.6. The molecule has 22 heavy (non-hydrogen) atoms.